The van der Waals surface area contributed by atoms with Gasteiger partial charge in [-0.3, -0.25) is 0 Å². The molecule has 0 saturated carbocycles. The van der Waals surface area contributed by atoms with E-state index in [2.05, 4.69) is 44.4 Å². The second-order valence-corrected chi connectivity index (χ2v) is 6.61. The molecular formula is C11H17PS. The van der Waals surface area contributed by atoms with Gasteiger partial charge in [0.1, 0.15) is 0 Å². The van der Waals surface area contributed by atoms with Crippen LogP contribution in [0.5, 0.6) is 0 Å². The first kappa shape index (κ1) is 11.1. The lowest BCUT2D eigenvalue weighted by atomic mass is 10.4. The maximum absolute atomic E-state index is 2.30. The van der Waals surface area contributed by atoms with Crippen molar-refractivity contribution in [2.45, 2.75) is 18.7 Å². The van der Waals surface area contributed by atoms with Gasteiger partial charge in [0, 0.05) is 4.90 Å². The van der Waals surface area contributed by atoms with Gasteiger partial charge >= 0.3 is 0 Å². The minimum absolute atomic E-state index is 0.122. The van der Waals surface area contributed by atoms with Gasteiger partial charge in [-0.05, 0) is 36.0 Å². The lowest BCUT2D eigenvalue weighted by Gasteiger charge is -2.13. The Kier molecular flexibility index (Phi) is 4.83. The summed E-state index contributed by atoms with van der Waals surface area (Å²) in [5.74, 6) is 0. The summed E-state index contributed by atoms with van der Waals surface area (Å²) in [6.07, 6.45) is 4.74. The van der Waals surface area contributed by atoms with Crippen molar-refractivity contribution in [3.8, 4) is 0 Å². The fourth-order valence-corrected chi connectivity index (χ4v) is 3.54. The summed E-state index contributed by atoms with van der Waals surface area (Å²) in [6, 6.07) is 9.07. The highest BCUT2D eigenvalue weighted by atomic mass is 32.2. The van der Waals surface area contributed by atoms with Crippen molar-refractivity contribution in [2.75, 3.05) is 18.6 Å². The summed E-state index contributed by atoms with van der Waals surface area (Å²) in [5, 5.41) is 1.55. The summed E-state index contributed by atoms with van der Waals surface area (Å²) in [7, 11) is 0.122. The molecule has 0 bridgehead atoms. The molecule has 1 rings (SSSR count). The lowest BCUT2D eigenvalue weighted by molar-refractivity contribution is 1.41. The molecule has 0 amide bonds. The van der Waals surface area contributed by atoms with E-state index in [1.54, 1.807) is 5.30 Å². The molecule has 0 unspecified atom stereocenters. The van der Waals surface area contributed by atoms with Crippen molar-refractivity contribution in [1.82, 2.24) is 0 Å². The molecule has 1 aromatic rings. The van der Waals surface area contributed by atoms with E-state index < -0.39 is 0 Å². The van der Waals surface area contributed by atoms with Gasteiger partial charge in [-0.1, -0.05) is 33.9 Å². The third-order valence-electron chi connectivity index (χ3n) is 2.20. The van der Waals surface area contributed by atoms with Gasteiger partial charge in [0.15, 0.2) is 0 Å². The highest BCUT2D eigenvalue weighted by Gasteiger charge is 2.04. The minimum atomic E-state index is 0.122. The molecule has 1 aromatic carbocycles. The number of hydrogen-bond acceptors (Lipinski definition) is 1. The SMILES string of the molecule is CCP(CC)c1ccc(SC)cc1. The molecule has 0 aromatic heterocycles. The zero-order valence-corrected chi connectivity index (χ0v) is 10.3. The molecule has 0 N–H and O–H groups in total. The van der Waals surface area contributed by atoms with Gasteiger partial charge in [0.25, 0.3) is 0 Å². The largest absolute Gasteiger partial charge is 0.130 e. The number of rotatable bonds is 4. The van der Waals surface area contributed by atoms with Crippen molar-refractivity contribution < 1.29 is 0 Å². The first-order valence-electron chi connectivity index (χ1n) is 4.70. The molecule has 0 nitrogen and oxygen atoms in total. The van der Waals surface area contributed by atoms with Gasteiger partial charge in [-0.25, -0.2) is 0 Å². The first-order valence-corrected chi connectivity index (χ1v) is 7.64. The second-order valence-electron chi connectivity index (χ2n) is 2.87. The molecule has 13 heavy (non-hydrogen) atoms. The van der Waals surface area contributed by atoms with Crippen LogP contribution < -0.4 is 5.30 Å². The van der Waals surface area contributed by atoms with Crippen LogP contribution in [-0.2, 0) is 0 Å². The summed E-state index contributed by atoms with van der Waals surface area (Å²) in [4.78, 5) is 1.37. The fourth-order valence-electron chi connectivity index (χ4n) is 1.38. The van der Waals surface area contributed by atoms with Crippen LogP contribution in [0.3, 0.4) is 0 Å². The Morgan fingerprint density at radius 3 is 2.00 bits per heavy atom. The van der Waals surface area contributed by atoms with Gasteiger partial charge < -0.3 is 0 Å². The quantitative estimate of drug-likeness (QED) is 0.543. The molecular weight excluding hydrogens is 195 g/mol. The smallest absolute Gasteiger partial charge is 0.00695 e. The van der Waals surface area contributed by atoms with Gasteiger partial charge in [-0.2, -0.15) is 0 Å². The van der Waals surface area contributed by atoms with Crippen LogP contribution in [0.15, 0.2) is 29.2 Å². The Morgan fingerprint density at radius 1 is 1.08 bits per heavy atom. The van der Waals surface area contributed by atoms with Gasteiger partial charge in [-0.15, -0.1) is 11.8 Å². The van der Waals surface area contributed by atoms with Crippen LogP contribution in [0.25, 0.3) is 0 Å². The van der Waals surface area contributed by atoms with Crippen molar-refractivity contribution in [3.63, 3.8) is 0 Å². The van der Waals surface area contributed by atoms with Crippen molar-refractivity contribution in [2.24, 2.45) is 0 Å². The molecule has 0 aliphatic rings. The number of hydrogen-bond donors (Lipinski definition) is 0. The van der Waals surface area contributed by atoms with E-state index in [9.17, 15) is 0 Å². The first-order chi connectivity index (χ1) is 6.31. The second kappa shape index (κ2) is 5.67. The maximum Gasteiger partial charge on any atom is 0.00695 e. The van der Waals surface area contributed by atoms with E-state index in [-0.39, 0.29) is 7.92 Å². The molecule has 72 valence electrons. The maximum atomic E-state index is 2.30. The average Bonchev–Trinajstić information content (AvgIpc) is 2.21. The van der Waals surface area contributed by atoms with Crippen molar-refractivity contribution >= 4 is 25.0 Å². The van der Waals surface area contributed by atoms with E-state index >= 15 is 0 Å². The van der Waals surface area contributed by atoms with E-state index in [0.717, 1.165) is 0 Å². The minimum Gasteiger partial charge on any atom is -0.130 e. The van der Waals surface area contributed by atoms with Crippen LogP contribution >= 0.6 is 19.7 Å². The summed E-state index contributed by atoms with van der Waals surface area (Å²) in [5.41, 5.74) is 0. The molecule has 0 aliphatic heterocycles. The molecule has 0 atom stereocenters. The molecule has 0 spiro atoms. The third-order valence-corrected chi connectivity index (χ3v) is 5.50. The molecule has 0 radical (unpaired) electrons. The van der Waals surface area contributed by atoms with Crippen LogP contribution in [-0.4, -0.2) is 18.6 Å². The highest BCUT2D eigenvalue weighted by molar-refractivity contribution is 7.98. The topological polar surface area (TPSA) is 0 Å². The molecule has 0 saturated heterocycles. The number of thioether (sulfide) groups is 1. The third kappa shape index (κ3) is 3.00. The summed E-state index contributed by atoms with van der Waals surface area (Å²) in [6.45, 7) is 4.58. The van der Waals surface area contributed by atoms with E-state index in [0.29, 0.717) is 0 Å². The van der Waals surface area contributed by atoms with Gasteiger partial charge in [0.2, 0.25) is 0 Å². The van der Waals surface area contributed by atoms with Gasteiger partial charge in [0.05, 0.1) is 0 Å². The standard InChI is InChI=1S/C11H17PS/c1-4-12(5-2)10-6-8-11(13-3)9-7-10/h6-9H,4-5H2,1-3H3. The highest BCUT2D eigenvalue weighted by Crippen LogP contribution is 2.33. The Hall–Kier alpha value is -0.0000000000000000555. The van der Waals surface area contributed by atoms with Crippen LogP contribution in [0, 0.1) is 0 Å². The van der Waals surface area contributed by atoms with Crippen LogP contribution in [0.4, 0.5) is 0 Å². The zero-order valence-electron chi connectivity index (χ0n) is 8.58. The molecule has 0 fully saturated rings. The Bertz CT molecular complexity index is 239. The predicted octanol–water partition coefficient (Wildman–Crippen LogP) is 3.56. The Balaban J connectivity index is 2.78. The Labute approximate surface area is 86.9 Å². The van der Waals surface area contributed by atoms with Crippen molar-refractivity contribution in [1.29, 1.82) is 0 Å². The van der Waals surface area contributed by atoms with Crippen LogP contribution in [0.2, 0.25) is 0 Å². The monoisotopic (exact) mass is 212 g/mol. The average molecular weight is 212 g/mol. The number of benzene rings is 1. The summed E-state index contributed by atoms with van der Waals surface area (Å²) < 4.78 is 0. The van der Waals surface area contributed by atoms with Crippen LogP contribution in [0.1, 0.15) is 13.8 Å². The normalized spacial score (nSPS) is 10.8. The molecule has 0 heterocycles. The van der Waals surface area contributed by atoms with E-state index in [1.807, 2.05) is 11.8 Å². The fraction of sp³-hybridized carbons (Fsp3) is 0.455. The summed E-state index contributed by atoms with van der Waals surface area (Å²) >= 11 is 1.81. The molecule has 0 aliphatic carbocycles. The zero-order chi connectivity index (χ0) is 9.68. The molecule has 2 heteroatoms. The predicted molar refractivity (Wildman–Crippen MR) is 65.9 cm³/mol. The van der Waals surface area contributed by atoms with E-state index in [4.69, 9.17) is 0 Å². The Morgan fingerprint density at radius 2 is 1.62 bits per heavy atom. The lowest BCUT2D eigenvalue weighted by Crippen LogP contribution is -2.03. The van der Waals surface area contributed by atoms with Crippen molar-refractivity contribution in [3.05, 3.63) is 24.3 Å². The van der Waals surface area contributed by atoms with E-state index in [1.165, 1.54) is 17.2 Å².